The normalized spacial score (nSPS) is 11.3. The molecule has 6 nitrogen and oxygen atoms in total. The van der Waals surface area contributed by atoms with Gasteiger partial charge in [-0.15, -0.1) is 0 Å². The first-order valence-corrected chi connectivity index (χ1v) is 11.9. The Hall–Kier alpha value is -3.38. The maximum absolute atomic E-state index is 12.6. The van der Waals surface area contributed by atoms with Gasteiger partial charge >= 0.3 is 0 Å². The Balaban J connectivity index is 0.00000158. The van der Waals surface area contributed by atoms with Crippen molar-refractivity contribution in [3.63, 3.8) is 0 Å². The molecule has 0 bridgehead atoms. The van der Waals surface area contributed by atoms with Gasteiger partial charge in [-0.2, -0.15) is 0 Å². The number of nitrogens with zero attached hydrogens (tertiary/aromatic N) is 4. The minimum Gasteiger partial charge on any atom is -0.378 e. The van der Waals surface area contributed by atoms with E-state index in [-0.39, 0.29) is 5.56 Å². The lowest BCUT2D eigenvalue weighted by Gasteiger charge is -2.24. The van der Waals surface area contributed by atoms with E-state index in [4.69, 9.17) is 4.98 Å². The van der Waals surface area contributed by atoms with Crippen LogP contribution in [0.2, 0.25) is 0 Å². The first-order valence-electron chi connectivity index (χ1n) is 11.9. The zero-order valence-corrected chi connectivity index (χ0v) is 21.8. The molecule has 0 saturated heterocycles. The Morgan fingerprint density at radius 3 is 2.26 bits per heavy atom. The molecule has 34 heavy (non-hydrogen) atoms. The summed E-state index contributed by atoms with van der Waals surface area (Å²) in [6.07, 6.45) is 3.83. The number of nitrogens with one attached hydrogen (secondary N) is 1. The number of anilines is 1. The molecule has 4 rings (SSSR count). The molecule has 4 aromatic rings. The van der Waals surface area contributed by atoms with Gasteiger partial charge in [-0.1, -0.05) is 38.1 Å². The van der Waals surface area contributed by atoms with E-state index in [9.17, 15) is 4.79 Å². The highest BCUT2D eigenvalue weighted by atomic mass is 16.1. The molecule has 0 amide bonds. The molecule has 3 aromatic heterocycles. The predicted molar refractivity (Wildman–Crippen MR) is 142 cm³/mol. The number of quaternary nitrogens is 1. The Kier molecular flexibility index (Phi) is 7.62. The summed E-state index contributed by atoms with van der Waals surface area (Å²) in [5.74, 6) is 0. The van der Waals surface area contributed by atoms with Crippen LogP contribution in [0.25, 0.3) is 11.3 Å². The van der Waals surface area contributed by atoms with Gasteiger partial charge in [0.2, 0.25) is 0 Å². The number of aromatic nitrogens is 3. The number of pyridine rings is 2. The number of hydrogen-bond acceptors (Lipinski definition) is 3. The van der Waals surface area contributed by atoms with Crippen LogP contribution in [-0.4, -0.2) is 39.6 Å². The first-order chi connectivity index (χ1) is 16.1. The largest absolute Gasteiger partial charge is 0.378 e. The number of imidazole rings is 1. The molecule has 6 heteroatoms. The van der Waals surface area contributed by atoms with Crippen molar-refractivity contribution in [2.75, 3.05) is 26.5 Å². The Labute approximate surface area is 203 Å². The van der Waals surface area contributed by atoms with Crippen LogP contribution in [0.3, 0.4) is 0 Å². The van der Waals surface area contributed by atoms with E-state index >= 15 is 0 Å². The average molecular weight is 461 g/mol. The summed E-state index contributed by atoms with van der Waals surface area (Å²) in [6.45, 7) is 11.9. The second kappa shape index (κ2) is 10.3. The molecule has 0 aliphatic rings. The van der Waals surface area contributed by atoms with Crippen molar-refractivity contribution in [1.29, 1.82) is 0 Å². The van der Waals surface area contributed by atoms with Gasteiger partial charge in [0, 0.05) is 25.0 Å². The molecule has 0 aliphatic carbocycles. The maximum atomic E-state index is 12.6. The van der Waals surface area contributed by atoms with Gasteiger partial charge in [-0.05, 0) is 49.6 Å². The van der Waals surface area contributed by atoms with Gasteiger partial charge in [-0.3, -0.25) is 13.8 Å². The van der Waals surface area contributed by atoms with Gasteiger partial charge in [-0.25, -0.2) is 4.98 Å². The third-order valence-corrected chi connectivity index (χ3v) is 5.83. The van der Waals surface area contributed by atoms with Crippen molar-refractivity contribution < 1.29 is 4.48 Å². The molecule has 0 aliphatic heterocycles. The number of fused-ring (bicyclic) bond motifs is 1. The lowest BCUT2D eigenvalue weighted by Crippen LogP contribution is -2.34. The third-order valence-electron chi connectivity index (χ3n) is 5.83. The van der Waals surface area contributed by atoms with Crippen molar-refractivity contribution in [2.24, 2.45) is 0 Å². The van der Waals surface area contributed by atoms with Gasteiger partial charge in [0.15, 0.2) is 5.65 Å². The third kappa shape index (κ3) is 5.39. The molecular weight excluding hydrogens is 422 g/mol. The highest BCUT2D eigenvalue weighted by Crippen LogP contribution is 2.26. The number of aryl methyl sites for hydroxylation is 3. The lowest BCUT2D eigenvalue weighted by atomic mass is 10.0. The fourth-order valence-electron chi connectivity index (χ4n) is 4.14. The molecule has 1 aromatic carbocycles. The monoisotopic (exact) mass is 460 g/mol. The average Bonchev–Trinajstić information content (AvgIpc) is 3.09. The molecule has 0 fully saturated rings. The van der Waals surface area contributed by atoms with Crippen LogP contribution in [0, 0.1) is 20.8 Å². The predicted octanol–water partition coefficient (Wildman–Crippen LogP) is 5.25. The van der Waals surface area contributed by atoms with Crippen molar-refractivity contribution in [1.82, 2.24) is 14.0 Å². The summed E-state index contributed by atoms with van der Waals surface area (Å²) in [5, 5.41) is 3.61. The zero-order chi connectivity index (χ0) is 25.0. The summed E-state index contributed by atoms with van der Waals surface area (Å²) in [5.41, 5.74) is 8.50. The smallest absolute Gasteiger partial charge is 0.255 e. The van der Waals surface area contributed by atoms with E-state index in [0.29, 0.717) is 6.54 Å². The van der Waals surface area contributed by atoms with Crippen LogP contribution in [0.15, 0.2) is 59.7 Å². The second-order valence-corrected chi connectivity index (χ2v) is 9.53. The van der Waals surface area contributed by atoms with E-state index in [1.165, 1.54) is 16.7 Å². The van der Waals surface area contributed by atoms with Crippen LogP contribution in [-0.2, 0) is 13.1 Å². The number of hydrogen-bond donors (Lipinski definition) is 1. The second-order valence-electron chi connectivity index (χ2n) is 9.53. The highest BCUT2D eigenvalue weighted by Gasteiger charge is 2.20. The molecule has 0 spiro atoms. The molecule has 0 unspecified atom stereocenters. The van der Waals surface area contributed by atoms with E-state index in [0.717, 1.165) is 39.4 Å². The molecule has 3 heterocycles. The van der Waals surface area contributed by atoms with E-state index in [1.54, 1.807) is 16.7 Å². The van der Waals surface area contributed by atoms with Crippen LogP contribution in [0.1, 0.15) is 41.9 Å². The minimum absolute atomic E-state index is 0.0578. The van der Waals surface area contributed by atoms with Crippen LogP contribution in [0.4, 0.5) is 5.69 Å². The Bertz CT molecular complexity index is 1320. The molecule has 180 valence electrons. The van der Waals surface area contributed by atoms with Crippen molar-refractivity contribution in [2.45, 2.75) is 47.7 Å². The minimum atomic E-state index is -0.0578. The Morgan fingerprint density at radius 2 is 1.65 bits per heavy atom. The molecule has 0 radical (unpaired) electrons. The number of rotatable bonds is 6. The molecule has 0 saturated carbocycles. The van der Waals surface area contributed by atoms with Gasteiger partial charge < -0.3 is 9.80 Å². The van der Waals surface area contributed by atoms with Crippen LogP contribution in [0.5, 0.6) is 0 Å². The highest BCUT2D eigenvalue weighted by molar-refractivity contribution is 5.72. The van der Waals surface area contributed by atoms with Crippen LogP contribution >= 0.6 is 0 Å². The first kappa shape index (κ1) is 25.2. The van der Waals surface area contributed by atoms with E-state index in [2.05, 4.69) is 69.8 Å². The van der Waals surface area contributed by atoms with Crippen molar-refractivity contribution in [3.05, 3.63) is 93.3 Å². The topological polar surface area (TPSA) is 51.3 Å². The quantitative estimate of drug-likeness (QED) is 0.400. The van der Waals surface area contributed by atoms with Crippen molar-refractivity contribution >= 4 is 11.3 Å². The summed E-state index contributed by atoms with van der Waals surface area (Å²) in [4.78, 5) is 17.5. The molecule has 0 atom stereocenters. The fraction of sp³-hybridized carbons (Fsp3) is 0.357. The van der Waals surface area contributed by atoms with Crippen LogP contribution < -0.4 is 10.9 Å². The summed E-state index contributed by atoms with van der Waals surface area (Å²) >= 11 is 0. The summed E-state index contributed by atoms with van der Waals surface area (Å²) in [7, 11) is 6.51. The lowest BCUT2D eigenvalue weighted by molar-refractivity contribution is -0.884. The van der Waals surface area contributed by atoms with Crippen molar-refractivity contribution in [3.8, 4) is 5.69 Å². The standard InChI is InChI=1S/C26H32N5O.C2H6/c1-18-10-9-11-19(2)22(18)15-27-23-14-21(29-13-8-7-12-25(29)32)16-30-24(17-31(4,5)6)20(3)28-26(23)30;1-2/h7-14,16,27H,15,17H2,1-6H3;1-2H3/q+1;. The fourth-order valence-corrected chi connectivity index (χ4v) is 4.14. The van der Waals surface area contributed by atoms with E-state index in [1.807, 2.05) is 38.4 Å². The summed E-state index contributed by atoms with van der Waals surface area (Å²) in [6, 6.07) is 13.6. The molecular formula is C28H38N5O+. The maximum Gasteiger partial charge on any atom is 0.255 e. The van der Waals surface area contributed by atoms with E-state index < -0.39 is 0 Å². The SMILES string of the molecule is CC.Cc1cccc(C)c1CNc1cc(-n2ccccc2=O)cn2c(C[N+](C)(C)C)c(C)nc12. The summed E-state index contributed by atoms with van der Waals surface area (Å²) < 4.78 is 4.60. The van der Waals surface area contributed by atoms with Gasteiger partial charge in [0.25, 0.3) is 5.56 Å². The zero-order valence-electron chi connectivity index (χ0n) is 21.8. The number of benzene rings is 1. The van der Waals surface area contributed by atoms with Gasteiger partial charge in [0.1, 0.15) is 12.2 Å². The molecule has 1 N–H and O–H groups in total. The van der Waals surface area contributed by atoms with Gasteiger partial charge in [0.05, 0.1) is 38.2 Å². The Morgan fingerprint density at radius 1 is 0.971 bits per heavy atom.